The average molecular weight is 583 g/mol. The summed E-state index contributed by atoms with van der Waals surface area (Å²) in [6.45, 7) is 6.35. The van der Waals surface area contributed by atoms with Gasteiger partial charge in [0.2, 0.25) is 0 Å². The first kappa shape index (κ1) is 27.0. The summed E-state index contributed by atoms with van der Waals surface area (Å²) in [5.74, 6) is 0.787. The summed E-state index contributed by atoms with van der Waals surface area (Å²) in [5, 5.41) is 24.2. The van der Waals surface area contributed by atoms with Crippen molar-refractivity contribution >= 4 is 11.0 Å². The molecule has 0 unspecified atom stereocenters. The van der Waals surface area contributed by atoms with Gasteiger partial charge in [0.05, 0.1) is 64.2 Å². The maximum Gasteiger partial charge on any atom is 0.167 e. The number of aryl methyl sites for hydroxylation is 3. The second-order valence-electron chi connectivity index (χ2n) is 11.1. The number of pyridine rings is 1. The highest BCUT2D eigenvalue weighted by molar-refractivity contribution is 5.90. The van der Waals surface area contributed by atoms with E-state index in [-0.39, 0.29) is 5.92 Å². The molecule has 0 radical (unpaired) electrons. The SMILES string of the molecule is CCc1cc(C#N)ccc1-n1nc(C(C)C)c2c(-n3cnc(-c4cnn(C)c4)c3)cc(-n3cnc(-c4cnn(C)c4)c3)nc21. The van der Waals surface area contributed by atoms with E-state index in [2.05, 4.69) is 42.0 Å². The third kappa shape index (κ3) is 4.55. The zero-order valence-corrected chi connectivity index (χ0v) is 25.1. The average Bonchev–Trinajstić information content (AvgIpc) is 3.86. The number of aromatic nitrogens is 11. The van der Waals surface area contributed by atoms with Crippen molar-refractivity contribution in [2.24, 2.45) is 14.1 Å². The lowest BCUT2D eigenvalue weighted by Gasteiger charge is -2.12. The molecule has 0 aliphatic carbocycles. The molecular formula is C32H30N12. The van der Waals surface area contributed by atoms with Crippen molar-refractivity contribution < 1.29 is 0 Å². The van der Waals surface area contributed by atoms with Gasteiger partial charge in [-0.15, -0.1) is 0 Å². The Morgan fingerprint density at radius 3 is 2.09 bits per heavy atom. The van der Waals surface area contributed by atoms with Gasteiger partial charge in [0, 0.05) is 56.1 Å². The van der Waals surface area contributed by atoms with Crippen molar-refractivity contribution in [2.45, 2.75) is 33.1 Å². The van der Waals surface area contributed by atoms with Crippen molar-refractivity contribution in [2.75, 3.05) is 0 Å². The molecule has 0 bridgehead atoms. The number of imidazole rings is 2. The lowest BCUT2D eigenvalue weighted by Crippen LogP contribution is -2.05. The quantitative estimate of drug-likeness (QED) is 0.254. The van der Waals surface area contributed by atoms with Gasteiger partial charge in [-0.3, -0.25) is 13.9 Å². The van der Waals surface area contributed by atoms with E-state index in [0.717, 1.165) is 57.0 Å². The van der Waals surface area contributed by atoms with Gasteiger partial charge in [0.15, 0.2) is 5.65 Å². The molecule has 0 atom stereocenters. The summed E-state index contributed by atoms with van der Waals surface area (Å²) in [6, 6.07) is 10.0. The number of nitriles is 1. The highest BCUT2D eigenvalue weighted by Gasteiger charge is 2.23. The molecule has 0 fully saturated rings. The molecular weight excluding hydrogens is 552 g/mol. The summed E-state index contributed by atoms with van der Waals surface area (Å²) >= 11 is 0. The first-order valence-corrected chi connectivity index (χ1v) is 14.4. The Kier molecular flexibility index (Phi) is 6.43. The highest BCUT2D eigenvalue weighted by atomic mass is 15.3. The molecule has 0 amide bonds. The van der Waals surface area contributed by atoms with Crippen molar-refractivity contribution in [3.05, 3.63) is 90.9 Å². The van der Waals surface area contributed by atoms with Crippen LogP contribution in [0.2, 0.25) is 0 Å². The Bertz CT molecular complexity index is 2190. The van der Waals surface area contributed by atoms with E-state index < -0.39 is 0 Å². The molecule has 44 heavy (non-hydrogen) atoms. The Hall–Kier alpha value is -5.83. The third-order valence-electron chi connectivity index (χ3n) is 7.70. The predicted molar refractivity (Wildman–Crippen MR) is 166 cm³/mol. The molecule has 6 heterocycles. The number of fused-ring (bicyclic) bond motifs is 1. The second kappa shape index (κ2) is 10.5. The zero-order chi connectivity index (χ0) is 30.5. The van der Waals surface area contributed by atoms with Crippen LogP contribution in [0.15, 0.2) is 74.1 Å². The largest absolute Gasteiger partial charge is 0.305 e. The van der Waals surface area contributed by atoms with Crippen LogP contribution in [0.4, 0.5) is 0 Å². The van der Waals surface area contributed by atoms with Crippen LogP contribution in [0.1, 0.15) is 43.5 Å². The maximum absolute atomic E-state index is 9.55. The van der Waals surface area contributed by atoms with Crippen molar-refractivity contribution in [1.82, 2.24) is 53.4 Å². The molecule has 0 saturated carbocycles. The predicted octanol–water partition coefficient (Wildman–Crippen LogP) is 5.15. The van der Waals surface area contributed by atoms with Crippen LogP contribution in [0.3, 0.4) is 0 Å². The van der Waals surface area contributed by atoms with E-state index in [9.17, 15) is 5.26 Å². The van der Waals surface area contributed by atoms with Gasteiger partial charge in [0.1, 0.15) is 12.1 Å². The molecule has 7 aromatic rings. The Morgan fingerprint density at radius 1 is 0.841 bits per heavy atom. The topological polar surface area (TPSA) is 126 Å². The van der Waals surface area contributed by atoms with Crippen LogP contribution in [-0.4, -0.2) is 53.4 Å². The molecule has 7 rings (SSSR count). The monoisotopic (exact) mass is 582 g/mol. The molecule has 0 aliphatic rings. The summed E-state index contributed by atoms with van der Waals surface area (Å²) in [6.07, 6.45) is 15.7. The van der Waals surface area contributed by atoms with Crippen LogP contribution < -0.4 is 0 Å². The standard InChI is InChI=1S/C32H30N12/c1-6-22-9-21(11-33)7-8-27(22)44-32-30(31(39-44)20(2)3)28(42-16-25(34-18-42)23-12-36-40(4)14-23)10-29(38-32)43-17-26(35-19-43)24-13-37-41(5)15-24/h7-10,12-20H,6H2,1-5H3. The fourth-order valence-corrected chi connectivity index (χ4v) is 5.47. The molecule has 0 saturated heterocycles. The molecule has 0 N–H and O–H groups in total. The van der Waals surface area contributed by atoms with E-state index in [1.165, 1.54) is 0 Å². The van der Waals surface area contributed by atoms with Gasteiger partial charge in [-0.1, -0.05) is 20.8 Å². The molecule has 218 valence electrons. The maximum atomic E-state index is 9.55. The van der Waals surface area contributed by atoms with Crippen molar-refractivity contribution in [3.63, 3.8) is 0 Å². The molecule has 12 nitrogen and oxygen atoms in total. The van der Waals surface area contributed by atoms with Crippen LogP contribution in [0.5, 0.6) is 0 Å². The van der Waals surface area contributed by atoms with E-state index in [4.69, 9.17) is 15.1 Å². The Labute approximate surface area is 253 Å². The van der Waals surface area contributed by atoms with Crippen LogP contribution in [0.25, 0.3) is 50.7 Å². The molecule has 12 heteroatoms. The van der Waals surface area contributed by atoms with Crippen LogP contribution >= 0.6 is 0 Å². The van der Waals surface area contributed by atoms with Gasteiger partial charge in [0.25, 0.3) is 0 Å². The number of nitrogens with zero attached hydrogens (tertiary/aromatic N) is 12. The van der Waals surface area contributed by atoms with Crippen molar-refractivity contribution in [1.29, 1.82) is 5.26 Å². The first-order valence-electron chi connectivity index (χ1n) is 14.4. The lowest BCUT2D eigenvalue weighted by atomic mass is 10.1. The highest BCUT2D eigenvalue weighted by Crippen LogP contribution is 2.34. The van der Waals surface area contributed by atoms with Gasteiger partial charge in [-0.05, 0) is 36.1 Å². The molecule has 0 aliphatic heterocycles. The summed E-state index contributed by atoms with van der Waals surface area (Å²) in [4.78, 5) is 14.6. The van der Waals surface area contributed by atoms with E-state index in [1.54, 1.807) is 28.1 Å². The minimum absolute atomic E-state index is 0.111. The van der Waals surface area contributed by atoms with E-state index in [1.807, 2.05) is 83.3 Å². The summed E-state index contributed by atoms with van der Waals surface area (Å²) in [7, 11) is 3.77. The van der Waals surface area contributed by atoms with Gasteiger partial charge >= 0.3 is 0 Å². The summed E-state index contributed by atoms with van der Waals surface area (Å²) in [5.41, 5.74) is 8.48. The van der Waals surface area contributed by atoms with Gasteiger partial charge < -0.3 is 4.57 Å². The van der Waals surface area contributed by atoms with Crippen LogP contribution in [0, 0.1) is 11.3 Å². The number of rotatable bonds is 7. The molecule has 6 aromatic heterocycles. The molecule has 1 aromatic carbocycles. The van der Waals surface area contributed by atoms with Gasteiger partial charge in [-0.25, -0.2) is 19.6 Å². The Balaban J connectivity index is 1.49. The number of benzene rings is 1. The smallest absolute Gasteiger partial charge is 0.167 e. The number of hydrogen-bond acceptors (Lipinski definition) is 7. The third-order valence-corrected chi connectivity index (χ3v) is 7.70. The number of hydrogen-bond donors (Lipinski definition) is 0. The van der Waals surface area contributed by atoms with E-state index >= 15 is 0 Å². The fourth-order valence-electron chi connectivity index (χ4n) is 5.47. The fraction of sp³-hybridized carbons (Fsp3) is 0.219. The normalized spacial score (nSPS) is 11.6. The Morgan fingerprint density at radius 2 is 1.50 bits per heavy atom. The van der Waals surface area contributed by atoms with Crippen LogP contribution in [-0.2, 0) is 20.5 Å². The second-order valence-corrected chi connectivity index (χ2v) is 11.1. The van der Waals surface area contributed by atoms with E-state index in [0.29, 0.717) is 17.0 Å². The first-order chi connectivity index (χ1) is 21.3. The zero-order valence-electron chi connectivity index (χ0n) is 25.1. The van der Waals surface area contributed by atoms with Crippen molar-refractivity contribution in [3.8, 4) is 45.8 Å². The minimum Gasteiger partial charge on any atom is -0.305 e. The lowest BCUT2D eigenvalue weighted by molar-refractivity contribution is 0.768. The summed E-state index contributed by atoms with van der Waals surface area (Å²) < 4.78 is 9.36. The molecule has 0 spiro atoms. The minimum atomic E-state index is 0.111. The van der Waals surface area contributed by atoms with Gasteiger partial charge in [-0.2, -0.15) is 20.6 Å².